The average Bonchev–Trinajstić information content (AvgIpc) is 2.59. The molecule has 0 aliphatic heterocycles. The van der Waals surface area contributed by atoms with Crippen molar-refractivity contribution in [2.24, 2.45) is 4.99 Å². The van der Waals surface area contributed by atoms with E-state index in [1.807, 2.05) is 13.8 Å². The standard InChI is InChI=1S/C17H29FN4O3S/c1-4-19-17(20-10-7-11-22-26(23,24)5-2)21-13-14(3)25-16-9-6-8-15(18)12-16/h6,8-9,12,14,22H,4-5,7,10-11,13H2,1-3H3,(H2,19,20,21). The predicted molar refractivity (Wildman–Crippen MR) is 103 cm³/mol. The van der Waals surface area contributed by atoms with Gasteiger partial charge in [-0.2, -0.15) is 0 Å². The Morgan fingerprint density at radius 1 is 1.27 bits per heavy atom. The molecule has 0 spiro atoms. The van der Waals surface area contributed by atoms with E-state index >= 15 is 0 Å². The van der Waals surface area contributed by atoms with E-state index in [4.69, 9.17) is 4.74 Å². The fourth-order valence-electron chi connectivity index (χ4n) is 2.00. The van der Waals surface area contributed by atoms with Crippen molar-refractivity contribution in [3.8, 4) is 5.75 Å². The summed E-state index contributed by atoms with van der Waals surface area (Å²) in [5.74, 6) is 0.828. The normalized spacial score (nSPS) is 13.3. The highest BCUT2D eigenvalue weighted by Crippen LogP contribution is 2.13. The van der Waals surface area contributed by atoms with Crippen molar-refractivity contribution >= 4 is 16.0 Å². The van der Waals surface area contributed by atoms with Gasteiger partial charge in [0, 0.05) is 25.7 Å². The Labute approximate surface area is 155 Å². The number of hydrogen-bond donors (Lipinski definition) is 3. The van der Waals surface area contributed by atoms with Crippen LogP contribution in [-0.4, -0.2) is 52.4 Å². The van der Waals surface area contributed by atoms with Crippen LogP contribution in [0.4, 0.5) is 4.39 Å². The summed E-state index contributed by atoms with van der Waals surface area (Å²) in [6.45, 7) is 7.47. The van der Waals surface area contributed by atoms with Gasteiger partial charge in [-0.15, -0.1) is 0 Å². The van der Waals surface area contributed by atoms with Crippen molar-refractivity contribution in [2.75, 3.05) is 31.9 Å². The lowest BCUT2D eigenvalue weighted by atomic mass is 10.3. The molecule has 0 saturated carbocycles. The zero-order valence-corrected chi connectivity index (χ0v) is 16.4. The Morgan fingerprint density at radius 2 is 2.04 bits per heavy atom. The maximum atomic E-state index is 13.2. The molecule has 0 bridgehead atoms. The number of aliphatic imine (C=N–C) groups is 1. The van der Waals surface area contributed by atoms with Gasteiger partial charge in [0.15, 0.2) is 5.96 Å². The molecule has 0 radical (unpaired) electrons. The van der Waals surface area contributed by atoms with Crippen LogP contribution in [0.15, 0.2) is 29.3 Å². The number of halogens is 1. The van der Waals surface area contributed by atoms with Crippen molar-refractivity contribution in [3.05, 3.63) is 30.1 Å². The average molecular weight is 389 g/mol. The second kappa shape index (κ2) is 11.7. The molecule has 7 nitrogen and oxygen atoms in total. The Morgan fingerprint density at radius 3 is 2.69 bits per heavy atom. The molecule has 0 fully saturated rings. The van der Waals surface area contributed by atoms with Gasteiger partial charge in [-0.25, -0.2) is 22.5 Å². The molecule has 1 aromatic carbocycles. The summed E-state index contributed by atoms with van der Waals surface area (Å²) in [4.78, 5) is 4.43. The lowest BCUT2D eigenvalue weighted by Gasteiger charge is -2.15. The van der Waals surface area contributed by atoms with Crippen LogP contribution in [-0.2, 0) is 10.0 Å². The monoisotopic (exact) mass is 388 g/mol. The van der Waals surface area contributed by atoms with Gasteiger partial charge in [-0.1, -0.05) is 6.07 Å². The smallest absolute Gasteiger partial charge is 0.211 e. The molecular formula is C17H29FN4O3S. The van der Waals surface area contributed by atoms with Gasteiger partial charge in [0.1, 0.15) is 17.7 Å². The number of nitrogens with zero attached hydrogens (tertiary/aromatic N) is 1. The van der Waals surface area contributed by atoms with Crippen LogP contribution >= 0.6 is 0 Å². The zero-order valence-electron chi connectivity index (χ0n) is 15.6. The van der Waals surface area contributed by atoms with Crippen LogP contribution in [0.1, 0.15) is 27.2 Å². The topological polar surface area (TPSA) is 91.8 Å². The molecule has 0 aliphatic rings. The number of guanidine groups is 1. The van der Waals surface area contributed by atoms with Gasteiger partial charge >= 0.3 is 0 Å². The summed E-state index contributed by atoms with van der Waals surface area (Å²) in [6.07, 6.45) is 0.419. The van der Waals surface area contributed by atoms with Crippen molar-refractivity contribution in [1.82, 2.24) is 15.4 Å². The first kappa shape index (κ1) is 22.2. The molecule has 0 heterocycles. The number of nitrogens with one attached hydrogen (secondary N) is 3. The zero-order chi connectivity index (χ0) is 19.4. The molecule has 26 heavy (non-hydrogen) atoms. The number of sulfonamides is 1. The Hall–Kier alpha value is -1.87. The highest BCUT2D eigenvalue weighted by molar-refractivity contribution is 7.89. The van der Waals surface area contributed by atoms with Crippen LogP contribution in [0.2, 0.25) is 0 Å². The Balaban J connectivity index is 2.39. The van der Waals surface area contributed by atoms with E-state index < -0.39 is 10.0 Å². The molecule has 9 heteroatoms. The van der Waals surface area contributed by atoms with Gasteiger partial charge in [0.05, 0.1) is 12.3 Å². The van der Waals surface area contributed by atoms with Gasteiger partial charge in [0.25, 0.3) is 0 Å². The summed E-state index contributed by atoms with van der Waals surface area (Å²) < 4.78 is 44.0. The van der Waals surface area contributed by atoms with E-state index in [1.165, 1.54) is 12.1 Å². The molecule has 0 aromatic heterocycles. The molecule has 0 saturated heterocycles. The fraction of sp³-hybridized carbons (Fsp3) is 0.588. The third-order valence-corrected chi connectivity index (χ3v) is 4.74. The molecule has 0 aliphatic carbocycles. The molecule has 1 aromatic rings. The molecule has 1 unspecified atom stereocenters. The summed E-state index contributed by atoms with van der Waals surface area (Å²) >= 11 is 0. The predicted octanol–water partition coefficient (Wildman–Crippen LogP) is 1.48. The summed E-state index contributed by atoms with van der Waals surface area (Å²) in [7, 11) is -3.15. The number of benzene rings is 1. The first-order chi connectivity index (χ1) is 12.4. The summed E-state index contributed by atoms with van der Waals surface area (Å²) in [6, 6.07) is 5.99. The van der Waals surface area contributed by atoms with Crippen molar-refractivity contribution in [2.45, 2.75) is 33.3 Å². The minimum atomic E-state index is -3.15. The summed E-state index contributed by atoms with van der Waals surface area (Å²) in [5, 5.41) is 6.26. The first-order valence-electron chi connectivity index (χ1n) is 8.78. The second-order valence-electron chi connectivity index (χ2n) is 5.68. The van der Waals surface area contributed by atoms with Crippen LogP contribution in [0, 0.1) is 5.82 Å². The van der Waals surface area contributed by atoms with E-state index in [1.54, 1.807) is 19.1 Å². The molecule has 1 atom stereocenters. The van der Waals surface area contributed by atoms with Crippen LogP contribution < -0.4 is 20.1 Å². The van der Waals surface area contributed by atoms with Crippen LogP contribution in [0.5, 0.6) is 5.75 Å². The maximum Gasteiger partial charge on any atom is 0.211 e. The number of hydrogen-bond acceptors (Lipinski definition) is 4. The highest BCUT2D eigenvalue weighted by atomic mass is 32.2. The first-order valence-corrected chi connectivity index (χ1v) is 10.4. The molecule has 1 rings (SSSR count). The highest BCUT2D eigenvalue weighted by Gasteiger charge is 2.06. The van der Waals surface area contributed by atoms with E-state index in [2.05, 4.69) is 20.3 Å². The third-order valence-electron chi connectivity index (χ3n) is 3.33. The van der Waals surface area contributed by atoms with Crippen molar-refractivity contribution in [3.63, 3.8) is 0 Å². The van der Waals surface area contributed by atoms with Crippen molar-refractivity contribution < 1.29 is 17.5 Å². The van der Waals surface area contributed by atoms with Crippen LogP contribution in [0.25, 0.3) is 0 Å². The third kappa shape index (κ3) is 9.57. The van der Waals surface area contributed by atoms with Gasteiger partial charge < -0.3 is 15.4 Å². The number of rotatable bonds is 11. The molecular weight excluding hydrogens is 359 g/mol. The Kier molecular flexibility index (Phi) is 9.97. The maximum absolute atomic E-state index is 13.2. The lowest BCUT2D eigenvalue weighted by molar-refractivity contribution is 0.229. The fourth-order valence-corrected chi connectivity index (χ4v) is 2.66. The SMILES string of the molecule is CCNC(=NCC(C)Oc1cccc(F)c1)NCCCNS(=O)(=O)CC. The van der Waals surface area contributed by atoms with E-state index in [-0.39, 0.29) is 17.7 Å². The largest absolute Gasteiger partial charge is 0.489 e. The van der Waals surface area contributed by atoms with Gasteiger partial charge in [0.2, 0.25) is 10.0 Å². The van der Waals surface area contributed by atoms with E-state index in [0.717, 1.165) is 0 Å². The minimum Gasteiger partial charge on any atom is -0.489 e. The molecule has 3 N–H and O–H groups in total. The number of ether oxygens (including phenoxy) is 1. The van der Waals surface area contributed by atoms with Gasteiger partial charge in [-0.3, -0.25) is 0 Å². The lowest BCUT2D eigenvalue weighted by Crippen LogP contribution is -2.39. The minimum absolute atomic E-state index is 0.0771. The van der Waals surface area contributed by atoms with E-state index in [9.17, 15) is 12.8 Å². The van der Waals surface area contributed by atoms with Crippen molar-refractivity contribution in [1.29, 1.82) is 0 Å². The van der Waals surface area contributed by atoms with Crippen LogP contribution in [0.3, 0.4) is 0 Å². The van der Waals surface area contributed by atoms with Gasteiger partial charge in [-0.05, 0) is 39.3 Å². The second-order valence-corrected chi connectivity index (χ2v) is 7.78. The quantitative estimate of drug-likeness (QED) is 0.303. The molecule has 148 valence electrons. The van der Waals surface area contributed by atoms with E-state index in [0.29, 0.717) is 44.3 Å². The Bertz CT molecular complexity index is 668. The molecule has 0 amide bonds. The summed E-state index contributed by atoms with van der Waals surface area (Å²) in [5.41, 5.74) is 0.